The van der Waals surface area contributed by atoms with Gasteiger partial charge in [0.1, 0.15) is 5.75 Å². The van der Waals surface area contributed by atoms with Crippen LogP contribution < -0.4 is 15.2 Å². The Kier molecular flexibility index (Phi) is 9.93. The van der Waals surface area contributed by atoms with E-state index in [1.54, 1.807) is 0 Å². The standard InChI is InChI=1S/C13H20BrClN2O3S.ClH/c1-3-4-5-9(8-16)17-21(18,19)13-7-11(15)12(20-2)6-10(13)14;/h6-7,9,17H,3-5,8,16H2,1-2H3;1H. The molecule has 1 rings (SSSR count). The molecule has 22 heavy (non-hydrogen) atoms. The molecule has 0 amide bonds. The highest BCUT2D eigenvalue weighted by atomic mass is 79.9. The van der Waals surface area contributed by atoms with Gasteiger partial charge in [-0.05, 0) is 34.5 Å². The fourth-order valence-corrected chi connectivity index (χ4v) is 4.47. The molecule has 0 spiro atoms. The first-order valence-corrected chi connectivity index (χ1v) is 9.26. The van der Waals surface area contributed by atoms with Crippen LogP contribution >= 0.6 is 39.9 Å². The minimum Gasteiger partial charge on any atom is -0.495 e. The number of nitrogens with one attached hydrogen (secondary N) is 1. The molecule has 3 N–H and O–H groups in total. The summed E-state index contributed by atoms with van der Waals surface area (Å²) < 4.78 is 32.9. The summed E-state index contributed by atoms with van der Waals surface area (Å²) in [4.78, 5) is 0.0725. The lowest BCUT2D eigenvalue weighted by Crippen LogP contribution is -2.40. The van der Waals surface area contributed by atoms with E-state index in [0.717, 1.165) is 12.8 Å². The minimum atomic E-state index is -3.70. The third kappa shape index (κ3) is 5.86. The van der Waals surface area contributed by atoms with Gasteiger partial charge in [-0.3, -0.25) is 0 Å². The van der Waals surface area contributed by atoms with Crippen molar-refractivity contribution >= 4 is 50.0 Å². The van der Waals surface area contributed by atoms with Gasteiger partial charge in [0.25, 0.3) is 0 Å². The lowest BCUT2D eigenvalue weighted by Gasteiger charge is -2.18. The molecule has 0 aliphatic carbocycles. The molecule has 0 bridgehead atoms. The summed E-state index contributed by atoms with van der Waals surface area (Å²) in [6, 6.07) is 2.60. The van der Waals surface area contributed by atoms with Gasteiger partial charge < -0.3 is 10.5 Å². The molecule has 1 aromatic rings. The second kappa shape index (κ2) is 9.95. The molecule has 1 unspecified atom stereocenters. The molecule has 0 saturated carbocycles. The van der Waals surface area contributed by atoms with Crippen LogP contribution in [-0.2, 0) is 10.0 Å². The Morgan fingerprint density at radius 2 is 2.09 bits per heavy atom. The Labute approximate surface area is 151 Å². The van der Waals surface area contributed by atoms with Crippen LogP contribution in [0, 0.1) is 0 Å². The number of benzene rings is 1. The number of methoxy groups -OCH3 is 1. The highest BCUT2D eigenvalue weighted by Gasteiger charge is 2.23. The molecule has 1 aromatic carbocycles. The number of sulfonamides is 1. The second-order valence-electron chi connectivity index (χ2n) is 4.61. The molecule has 0 fully saturated rings. The van der Waals surface area contributed by atoms with Crippen LogP contribution in [0.5, 0.6) is 5.75 Å². The fourth-order valence-electron chi connectivity index (χ4n) is 1.83. The van der Waals surface area contributed by atoms with E-state index < -0.39 is 10.0 Å². The first kappa shape index (κ1) is 21.9. The van der Waals surface area contributed by atoms with Crippen molar-refractivity contribution in [2.75, 3.05) is 13.7 Å². The predicted octanol–water partition coefficient (Wildman–Crippen LogP) is 3.33. The van der Waals surface area contributed by atoms with E-state index in [0.29, 0.717) is 16.6 Å². The Balaban J connectivity index is 0.00000441. The zero-order valence-electron chi connectivity index (χ0n) is 12.4. The molecule has 0 aliphatic rings. The smallest absolute Gasteiger partial charge is 0.242 e. The average molecular weight is 436 g/mol. The zero-order chi connectivity index (χ0) is 16.0. The number of nitrogens with two attached hydrogens (primary N) is 1. The Morgan fingerprint density at radius 3 is 2.59 bits per heavy atom. The SMILES string of the molecule is CCCCC(CN)NS(=O)(=O)c1cc(Cl)c(OC)cc1Br.Cl. The maximum atomic E-state index is 12.4. The maximum Gasteiger partial charge on any atom is 0.242 e. The molecule has 0 saturated heterocycles. The van der Waals surface area contributed by atoms with Gasteiger partial charge in [-0.2, -0.15) is 0 Å². The van der Waals surface area contributed by atoms with E-state index in [1.165, 1.54) is 19.2 Å². The quantitative estimate of drug-likeness (QED) is 0.656. The lowest BCUT2D eigenvalue weighted by molar-refractivity contribution is 0.414. The van der Waals surface area contributed by atoms with Gasteiger partial charge in [0.15, 0.2) is 0 Å². The molecular formula is C13H21BrCl2N2O3S. The van der Waals surface area contributed by atoms with E-state index in [1.807, 2.05) is 6.92 Å². The third-order valence-corrected chi connectivity index (χ3v) is 5.78. The summed E-state index contributed by atoms with van der Waals surface area (Å²) in [5.74, 6) is 0.406. The number of unbranched alkanes of at least 4 members (excludes halogenated alkanes) is 1. The normalized spacial score (nSPS) is 12.6. The van der Waals surface area contributed by atoms with Crippen molar-refractivity contribution in [1.29, 1.82) is 0 Å². The van der Waals surface area contributed by atoms with Crippen LogP contribution in [0.4, 0.5) is 0 Å². The molecule has 0 heterocycles. The van der Waals surface area contributed by atoms with E-state index in [-0.39, 0.29) is 34.9 Å². The van der Waals surface area contributed by atoms with Gasteiger partial charge in [0, 0.05) is 17.1 Å². The maximum absolute atomic E-state index is 12.4. The number of hydrogen-bond donors (Lipinski definition) is 2. The van der Waals surface area contributed by atoms with Gasteiger partial charge in [-0.1, -0.05) is 31.4 Å². The Morgan fingerprint density at radius 1 is 1.45 bits per heavy atom. The van der Waals surface area contributed by atoms with Crippen molar-refractivity contribution in [1.82, 2.24) is 4.72 Å². The molecular weight excluding hydrogens is 415 g/mol. The van der Waals surface area contributed by atoms with Gasteiger partial charge in [0.2, 0.25) is 10.0 Å². The second-order valence-corrected chi connectivity index (χ2v) is 7.56. The molecule has 0 aromatic heterocycles. The fraction of sp³-hybridized carbons (Fsp3) is 0.538. The van der Waals surface area contributed by atoms with Crippen molar-refractivity contribution < 1.29 is 13.2 Å². The van der Waals surface area contributed by atoms with Crippen molar-refractivity contribution in [3.63, 3.8) is 0 Å². The number of hydrogen-bond acceptors (Lipinski definition) is 4. The van der Waals surface area contributed by atoms with Crippen LogP contribution in [0.3, 0.4) is 0 Å². The number of rotatable bonds is 8. The van der Waals surface area contributed by atoms with Crippen LogP contribution in [0.15, 0.2) is 21.5 Å². The third-order valence-electron chi connectivity index (χ3n) is 3.01. The Bertz CT molecular complexity index is 585. The van der Waals surface area contributed by atoms with Crippen LogP contribution in [-0.4, -0.2) is 28.1 Å². The van der Waals surface area contributed by atoms with Gasteiger partial charge >= 0.3 is 0 Å². The van der Waals surface area contributed by atoms with Crippen molar-refractivity contribution in [2.45, 2.75) is 37.1 Å². The summed E-state index contributed by atoms with van der Waals surface area (Å²) in [5, 5.41) is 0.235. The van der Waals surface area contributed by atoms with Crippen molar-refractivity contribution in [3.8, 4) is 5.75 Å². The monoisotopic (exact) mass is 434 g/mol. The van der Waals surface area contributed by atoms with Gasteiger partial charge in [-0.25, -0.2) is 13.1 Å². The lowest BCUT2D eigenvalue weighted by atomic mass is 10.1. The summed E-state index contributed by atoms with van der Waals surface area (Å²) >= 11 is 9.23. The van der Waals surface area contributed by atoms with Crippen molar-refractivity contribution in [3.05, 3.63) is 21.6 Å². The highest BCUT2D eigenvalue weighted by molar-refractivity contribution is 9.10. The Hall–Kier alpha value is -0.0500. The van der Waals surface area contributed by atoms with E-state index in [4.69, 9.17) is 22.1 Å². The number of halogens is 3. The highest BCUT2D eigenvalue weighted by Crippen LogP contribution is 2.33. The number of ether oxygens (including phenoxy) is 1. The molecule has 9 heteroatoms. The van der Waals surface area contributed by atoms with E-state index in [9.17, 15) is 8.42 Å². The molecule has 0 aliphatic heterocycles. The predicted molar refractivity (Wildman–Crippen MR) is 95.6 cm³/mol. The van der Waals surface area contributed by atoms with Crippen LogP contribution in [0.1, 0.15) is 26.2 Å². The minimum absolute atomic E-state index is 0. The zero-order valence-corrected chi connectivity index (χ0v) is 16.4. The molecule has 1 atom stereocenters. The largest absolute Gasteiger partial charge is 0.495 e. The van der Waals surface area contributed by atoms with Gasteiger partial charge in [-0.15, -0.1) is 12.4 Å². The van der Waals surface area contributed by atoms with E-state index in [2.05, 4.69) is 20.7 Å². The molecule has 0 radical (unpaired) electrons. The van der Waals surface area contributed by atoms with Crippen molar-refractivity contribution in [2.24, 2.45) is 5.73 Å². The molecule has 128 valence electrons. The van der Waals surface area contributed by atoms with E-state index >= 15 is 0 Å². The molecule has 5 nitrogen and oxygen atoms in total. The van der Waals surface area contributed by atoms with Crippen LogP contribution in [0.25, 0.3) is 0 Å². The first-order chi connectivity index (χ1) is 9.85. The summed E-state index contributed by atoms with van der Waals surface area (Å²) in [5.41, 5.74) is 5.63. The summed E-state index contributed by atoms with van der Waals surface area (Å²) in [6.45, 7) is 2.29. The van der Waals surface area contributed by atoms with Gasteiger partial charge in [0.05, 0.1) is 17.0 Å². The topological polar surface area (TPSA) is 81.4 Å². The first-order valence-electron chi connectivity index (χ1n) is 6.61. The summed E-state index contributed by atoms with van der Waals surface area (Å²) in [6.07, 6.45) is 2.60. The average Bonchev–Trinajstić information content (AvgIpc) is 2.45. The van der Waals surface area contributed by atoms with Crippen LogP contribution in [0.2, 0.25) is 5.02 Å². The summed E-state index contributed by atoms with van der Waals surface area (Å²) in [7, 11) is -2.23.